The van der Waals surface area contributed by atoms with Gasteiger partial charge in [0, 0.05) is 17.4 Å². The molecule has 2 aromatic carbocycles. The minimum atomic E-state index is -3.88. The molecule has 0 radical (unpaired) electrons. The molecule has 0 aliphatic carbocycles. The molecule has 34 heavy (non-hydrogen) atoms. The molecule has 3 aromatic rings. The first-order valence-corrected chi connectivity index (χ1v) is 13.2. The van der Waals surface area contributed by atoms with E-state index in [4.69, 9.17) is 0 Å². The molecule has 1 heterocycles. The van der Waals surface area contributed by atoms with E-state index in [0.717, 1.165) is 10.6 Å². The van der Waals surface area contributed by atoms with Gasteiger partial charge in [0.25, 0.3) is 10.0 Å². The van der Waals surface area contributed by atoms with Gasteiger partial charge in [-0.1, -0.05) is 18.2 Å². The number of rotatable bonds is 9. The molecule has 0 unspecified atom stereocenters. The molecule has 0 aliphatic heterocycles. The van der Waals surface area contributed by atoms with Crippen molar-refractivity contribution < 1.29 is 26.4 Å². The van der Waals surface area contributed by atoms with E-state index in [2.05, 4.69) is 15.0 Å². The molecule has 0 fully saturated rings. The fourth-order valence-electron chi connectivity index (χ4n) is 2.95. The maximum Gasteiger partial charge on any atom is 0.263 e. The fourth-order valence-corrected chi connectivity index (χ4v) is 4.80. The summed E-state index contributed by atoms with van der Waals surface area (Å²) in [5, 5.41) is 2.54. The summed E-state index contributed by atoms with van der Waals surface area (Å²) in [7, 11) is -7.72. The largest absolute Gasteiger partial charge is 0.325 e. The molecule has 12 heteroatoms. The molecule has 0 aliphatic rings. The van der Waals surface area contributed by atoms with Crippen LogP contribution < -0.4 is 14.3 Å². The molecule has 1 aromatic heterocycles. The van der Waals surface area contributed by atoms with Crippen LogP contribution in [0.25, 0.3) is 0 Å². The van der Waals surface area contributed by atoms with Crippen LogP contribution in [0.3, 0.4) is 0 Å². The zero-order valence-corrected chi connectivity index (χ0v) is 19.9. The molecule has 0 saturated heterocycles. The number of amides is 1. The minimum absolute atomic E-state index is 0.0463. The van der Waals surface area contributed by atoms with Gasteiger partial charge in [-0.3, -0.25) is 18.6 Å². The van der Waals surface area contributed by atoms with Gasteiger partial charge in [0.15, 0.2) is 5.78 Å². The first kappa shape index (κ1) is 24.9. The average molecular weight is 503 g/mol. The SMILES string of the molecule is CC(=O)c1cccc(N(CC(=O)Nc2ccc(S(=O)(=O)Nc3ccccn3)cc2)S(C)(=O)=O)c1. The lowest BCUT2D eigenvalue weighted by Gasteiger charge is -2.22. The second kappa shape index (κ2) is 10.0. The summed E-state index contributed by atoms with van der Waals surface area (Å²) in [6.07, 6.45) is 2.40. The van der Waals surface area contributed by atoms with Gasteiger partial charge >= 0.3 is 0 Å². The van der Waals surface area contributed by atoms with Crippen LogP contribution in [0.5, 0.6) is 0 Å². The Hall–Kier alpha value is -3.77. The molecule has 178 valence electrons. The third-order valence-corrected chi connectivity index (χ3v) is 7.09. The standard InChI is InChI=1S/C22H22N4O6S2/c1-16(27)17-6-5-7-19(14-17)26(33(2,29)30)15-22(28)24-18-9-11-20(12-10-18)34(31,32)25-21-8-3-4-13-23-21/h3-14H,15H2,1-2H3,(H,23,25)(H,24,28). The number of carbonyl (C=O) groups excluding carboxylic acids is 2. The van der Waals surface area contributed by atoms with Crippen molar-refractivity contribution in [2.45, 2.75) is 11.8 Å². The van der Waals surface area contributed by atoms with Crippen molar-refractivity contribution in [1.82, 2.24) is 4.98 Å². The van der Waals surface area contributed by atoms with Gasteiger partial charge in [0.2, 0.25) is 15.9 Å². The molecule has 0 saturated carbocycles. The molecule has 1 amide bonds. The second-order valence-electron chi connectivity index (χ2n) is 7.27. The van der Waals surface area contributed by atoms with Crippen molar-refractivity contribution in [2.24, 2.45) is 0 Å². The molecule has 2 N–H and O–H groups in total. The highest BCUT2D eigenvalue weighted by Crippen LogP contribution is 2.21. The fraction of sp³-hybridized carbons (Fsp3) is 0.136. The molecule has 10 nitrogen and oxygen atoms in total. The Bertz CT molecular complexity index is 1410. The number of Topliss-reactive ketones (excluding diaryl/α,β-unsaturated/α-hetero) is 1. The van der Waals surface area contributed by atoms with Gasteiger partial charge in [-0.25, -0.2) is 21.8 Å². The van der Waals surface area contributed by atoms with Gasteiger partial charge in [0.05, 0.1) is 16.8 Å². The van der Waals surface area contributed by atoms with Crippen molar-refractivity contribution >= 4 is 48.9 Å². The third kappa shape index (κ3) is 6.39. The van der Waals surface area contributed by atoms with Crippen LogP contribution in [-0.2, 0) is 24.8 Å². The summed E-state index contributed by atoms with van der Waals surface area (Å²) in [4.78, 5) is 28.1. The second-order valence-corrected chi connectivity index (χ2v) is 10.9. The summed E-state index contributed by atoms with van der Waals surface area (Å²) in [5.41, 5.74) is 0.753. The van der Waals surface area contributed by atoms with Crippen LogP contribution in [0.1, 0.15) is 17.3 Å². The zero-order valence-electron chi connectivity index (χ0n) is 18.3. The quantitative estimate of drug-likeness (QED) is 0.428. The maximum atomic E-state index is 12.6. The minimum Gasteiger partial charge on any atom is -0.325 e. The molecular weight excluding hydrogens is 480 g/mol. The number of aromatic nitrogens is 1. The number of anilines is 3. The topological polar surface area (TPSA) is 143 Å². The Kier molecular flexibility index (Phi) is 7.32. The molecular formula is C22H22N4O6S2. The number of nitrogens with one attached hydrogen (secondary N) is 2. The lowest BCUT2D eigenvalue weighted by atomic mass is 10.1. The van der Waals surface area contributed by atoms with Crippen molar-refractivity contribution in [3.05, 3.63) is 78.5 Å². The van der Waals surface area contributed by atoms with Crippen LogP contribution in [-0.4, -0.2) is 46.3 Å². The lowest BCUT2D eigenvalue weighted by molar-refractivity contribution is -0.114. The van der Waals surface area contributed by atoms with Crippen LogP contribution in [0.15, 0.2) is 77.8 Å². The molecule has 3 rings (SSSR count). The van der Waals surface area contributed by atoms with E-state index in [9.17, 15) is 26.4 Å². The van der Waals surface area contributed by atoms with Crippen LogP contribution >= 0.6 is 0 Å². The summed E-state index contributed by atoms with van der Waals surface area (Å²) < 4.78 is 52.8. The van der Waals surface area contributed by atoms with Gasteiger partial charge in [-0.15, -0.1) is 0 Å². The normalized spacial score (nSPS) is 11.5. The van der Waals surface area contributed by atoms with E-state index in [0.29, 0.717) is 5.56 Å². The van der Waals surface area contributed by atoms with Gasteiger partial charge in [-0.05, 0) is 55.5 Å². The average Bonchev–Trinajstić information content (AvgIpc) is 2.77. The van der Waals surface area contributed by atoms with E-state index in [-0.39, 0.29) is 27.9 Å². The highest BCUT2D eigenvalue weighted by Gasteiger charge is 2.22. The number of carbonyl (C=O) groups is 2. The highest BCUT2D eigenvalue weighted by atomic mass is 32.2. The predicted molar refractivity (Wildman–Crippen MR) is 129 cm³/mol. The van der Waals surface area contributed by atoms with E-state index in [1.807, 2.05) is 0 Å². The highest BCUT2D eigenvalue weighted by molar-refractivity contribution is 7.92. The van der Waals surface area contributed by atoms with Gasteiger partial charge < -0.3 is 5.32 Å². The number of hydrogen-bond donors (Lipinski definition) is 2. The van der Waals surface area contributed by atoms with Crippen molar-refractivity contribution in [1.29, 1.82) is 0 Å². The van der Waals surface area contributed by atoms with Crippen LogP contribution in [0.4, 0.5) is 17.2 Å². The van der Waals surface area contributed by atoms with E-state index in [1.54, 1.807) is 18.2 Å². The molecule has 0 bridgehead atoms. The lowest BCUT2D eigenvalue weighted by Crippen LogP contribution is -2.37. The Balaban J connectivity index is 1.73. The van der Waals surface area contributed by atoms with Crippen LogP contribution in [0.2, 0.25) is 0 Å². The summed E-state index contributed by atoms with van der Waals surface area (Å²) in [6.45, 7) is 0.813. The Morgan fingerprint density at radius 2 is 1.65 bits per heavy atom. The number of nitrogens with zero attached hydrogens (tertiary/aromatic N) is 2. The number of hydrogen-bond acceptors (Lipinski definition) is 7. The number of sulfonamides is 2. The van der Waals surface area contributed by atoms with Crippen molar-refractivity contribution in [2.75, 3.05) is 27.1 Å². The third-order valence-electron chi connectivity index (χ3n) is 4.58. The van der Waals surface area contributed by atoms with Crippen LogP contribution in [0, 0.1) is 0 Å². The Morgan fingerprint density at radius 3 is 2.24 bits per heavy atom. The van der Waals surface area contributed by atoms with Crippen molar-refractivity contribution in [3.63, 3.8) is 0 Å². The number of pyridine rings is 1. The molecule has 0 spiro atoms. The Labute approximate surface area is 197 Å². The van der Waals surface area contributed by atoms with E-state index in [1.165, 1.54) is 61.7 Å². The smallest absolute Gasteiger partial charge is 0.263 e. The van der Waals surface area contributed by atoms with Gasteiger partial charge in [-0.2, -0.15) is 0 Å². The first-order valence-electron chi connectivity index (χ1n) is 9.88. The summed E-state index contributed by atoms with van der Waals surface area (Å²) in [5.74, 6) is -0.734. The summed E-state index contributed by atoms with van der Waals surface area (Å²) in [6, 6.07) is 16.1. The van der Waals surface area contributed by atoms with E-state index < -0.39 is 32.5 Å². The van der Waals surface area contributed by atoms with Crippen molar-refractivity contribution in [3.8, 4) is 0 Å². The summed E-state index contributed by atoms with van der Waals surface area (Å²) >= 11 is 0. The first-order chi connectivity index (χ1) is 16.0. The number of ketones is 1. The van der Waals surface area contributed by atoms with Gasteiger partial charge in [0.1, 0.15) is 12.4 Å². The predicted octanol–water partition coefficient (Wildman–Crippen LogP) is 2.49. The monoisotopic (exact) mass is 502 g/mol. The Morgan fingerprint density at radius 1 is 0.941 bits per heavy atom. The maximum absolute atomic E-state index is 12.6. The molecule has 0 atom stereocenters. The zero-order chi connectivity index (χ0) is 24.9. The van der Waals surface area contributed by atoms with E-state index >= 15 is 0 Å². The number of benzene rings is 2.